The van der Waals surface area contributed by atoms with E-state index in [-0.39, 0.29) is 14.9 Å². The Bertz CT molecular complexity index is 566. The van der Waals surface area contributed by atoms with E-state index >= 15 is 0 Å². The summed E-state index contributed by atoms with van der Waals surface area (Å²) in [5.41, 5.74) is 0. The normalized spacial score (nSPS) is 12.1. The first-order chi connectivity index (χ1) is 8.67. The van der Waals surface area contributed by atoms with E-state index in [0.717, 1.165) is 4.31 Å². The molecule has 106 valence electrons. The lowest BCUT2D eigenvalue weighted by Gasteiger charge is -2.25. The molecular formula is C11H13Cl2NO4S. The number of aliphatic carboxylic acids is 1. The highest BCUT2D eigenvalue weighted by molar-refractivity contribution is 7.89. The van der Waals surface area contributed by atoms with E-state index in [4.69, 9.17) is 28.3 Å². The number of carbonyl (C=O) groups is 1. The lowest BCUT2D eigenvalue weighted by atomic mass is 10.4. The smallest absolute Gasteiger partial charge is 0.318 e. The molecule has 0 saturated carbocycles. The van der Waals surface area contributed by atoms with Crippen LogP contribution in [0.15, 0.2) is 23.1 Å². The van der Waals surface area contributed by atoms with Crippen molar-refractivity contribution < 1.29 is 18.3 Å². The molecule has 0 aliphatic carbocycles. The quantitative estimate of drug-likeness (QED) is 0.902. The second-order valence-corrected chi connectivity index (χ2v) is 6.73. The monoisotopic (exact) mass is 325 g/mol. The number of hydrogen-bond donors (Lipinski definition) is 1. The van der Waals surface area contributed by atoms with Crippen molar-refractivity contribution in [1.82, 2.24) is 4.31 Å². The summed E-state index contributed by atoms with van der Waals surface area (Å²) in [4.78, 5) is 10.5. The minimum Gasteiger partial charge on any atom is -0.480 e. The second kappa shape index (κ2) is 6.09. The molecule has 0 aliphatic heterocycles. The van der Waals surface area contributed by atoms with Gasteiger partial charge in [0.2, 0.25) is 10.0 Å². The third kappa shape index (κ3) is 3.60. The highest BCUT2D eigenvalue weighted by Crippen LogP contribution is 2.32. The SMILES string of the molecule is CC(C)N(CC(=O)O)S(=O)(=O)c1c(Cl)cccc1Cl. The van der Waals surface area contributed by atoms with Gasteiger partial charge in [-0.3, -0.25) is 4.79 Å². The van der Waals surface area contributed by atoms with Crippen molar-refractivity contribution in [2.45, 2.75) is 24.8 Å². The summed E-state index contributed by atoms with van der Waals surface area (Å²) < 4.78 is 25.7. The van der Waals surface area contributed by atoms with Crippen LogP contribution in [0.25, 0.3) is 0 Å². The minimum atomic E-state index is -4.07. The number of carboxylic acid groups (broad SMARTS) is 1. The molecule has 0 amide bonds. The van der Waals surface area contributed by atoms with Gasteiger partial charge in [-0.2, -0.15) is 4.31 Å². The topological polar surface area (TPSA) is 74.7 Å². The third-order valence-electron chi connectivity index (χ3n) is 2.35. The number of carboxylic acids is 1. The first-order valence-electron chi connectivity index (χ1n) is 5.35. The lowest BCUT2D eigenvalue weighted by molar-refractivity contribution is -0.137. The van der Waals surface area contributed by atoms with Crippen LogP contribution >= 0.6 is 23.2 Å². The summed E-state index contributed by atoms with van der Waals surface area (Å²) in [5, 5.41) is 8.73. The van der Waals surface area contributed by atoms with E-state index in [0.29, 0.717) is 0 Å². The Morgan fingerprint density at radius 2 is 1.79 bits per heavy atom. The van der Waals surface area contributed by atoms with E-state index in [9.17, 15) is 13.2 Å². The number of hydrogen-bond acceptors (Lipinski definition) is 3. The van der Waals surface area contributed by atoms with E-state index in [2.05, 4.69) is 0 Å². The van der Waals surface area contributed by atoms with Crippen molar-refractivity contribution in [2.24, 2.45) is 0 Å². The number of benzene rings is 1. The first-order valence-corrected chi connectivity index (χ1v) is 7.55. The Balaban J connectivity index is 3.39. The molecule has 0 aromatic heterocycles. The molecule has 0 fully saturated rings. The molecule has 0 heterocycles. The molecule has 0 spiro atoms. The predicted molar refractivity (Wildman–Crippen MR) is 73.1 cm³/mol. The van der Waals surface area contributed by atoms with Crippen LogP contribution in [0.3, 0.4) is 0 Å². The number of rotatable bonds is 5. The third-order valence-corrected chi connectivity index (χ3v) is 5.33. The van der Waals surface area contributed by atoms with Crippen LogP contribution in [0.5, 0.6) is 0 Å². The van der Waals surface area contributed by atoms with Crippen molar-refractivity contribution in [3.05, 3.63) is 28.2 Å². The van der Waals surface area contributed by atoms with Crippen molar-refractivity contribution in [3.63, 3.8) is 0 Å². The van der Waals surface area contributed by atoms with Gasteiger partial charge in [0.15, 0.2) is 0 Å². The van der Waals surface area contributed by atoms with Crippen LogP contribution in [-0.4, -0.2) is 36.4 Å². The Morgan fingerprint density at radius 1 is 1.32 bits per heavy atom. The zero-order valence-electron chi connectivity index (χ0n) is 10.3. The second-order valence-electron chi connectivity index (χ2n) is 4.09. The Morgan fingerprint density at radius 3 is 2.16 bits per heavy atom. The molecule has 1 rings (SSSR count). The number of sulfonamides is 1. The molecule has 0 saturated heterocycles. The highest BCUT2D eigenvalue weighted by atomic mass is 35.5. The Labute approximate surface area is 121 Å². The number of nitrogens with zero attached hydrogens (tertiary/aromatic N) is 1. The van der Waals surface area contributed by atoms with Gasteiger partial charge in [-0.1, -0.05) is 29.3 Å². The Kier molecular flexibility index (Phi) is 5.20. The van der Waals surface area contributed by atoms with Gasteiger partial charge in [0.25, 0.3) is 0 Å². The molecule has 1 aromatic carbocycles. The summed E-state index contributed by atoms with van der Waals surface area (Å²) in [6.45, 7) is 2.50. The molecule has 0 aliphatic rings. The summed E-state index contributed by atoms with van der Waals surface area (Å²) in [7, 11) is -4.07. The first kappa shape index (κ1) is 16.2. The standard InChI is InChI=1S/C11H13Cl2NO4S/c1-7(2)14(6-10(15)16)19(17,18)11-8(12)4-3-5-9(11)13/h3-5,7H,6H2,1-2H3,(H,15,16). The maximum atomic E-state index is 12.4. The van der Waals surface area contributed by atoms with Crippen LogP contribution in [0.4, 0.5) is 0 Å². The largest absolute Gasteiger partial charge is 0.480 e. The van der Waals surface area contributed by atoms with Crippen molar-refractivity contribution in [1.29, 1.82) is 0 Å². The molecule has 0 radical (unpaired) electrons. The van der Waals surface area contributed by atoms with Crippen LogP contribution in [0, 0.1) is 0 Å². The lowest BCUT2D eigenvalue weighted by Crippen LogP contribution is -2.40. The van der Waals surface area contributed by atoms with E-state index < -0.39 is 28.6 Å². The average molecular weight is 326 g/mol. The molecule has 0 atom stereocenters. The fourth-order valence-corrected chi connectivity index (χ4v) is 4.21. The molecule has 1 N–H and O–H groups in total. The van der Waals surface area contributed by atoms with Gasteiger partial charge in [0.1, 0.15) is 11.4 Å². The summed E-state index contributed by atoms with van der Waals surface area (Å²) in [6, 6.07) is 3.76. The van der Waals surface area contributed by atoms with E-state index in [1.54, 1.807) is 13.8 Å². The minimum absolute atomic E-state index is 0.0384. The molecule has 19 heavy (non-hydrogen) atoms. The van der Waals surface area contributed by atoms with Gasteiger partial charge >= 0.3 is 5.97 Å². The molecule has 0 unspecified atom stereocenters. The summed E-state index contributed by atoms with van der Waals surface area (Å²) in [5.74, 6) is -1.25. The van der Waals surface area contributed by atoms with Gasteiger partial charge in [-0.05, 0) is 26.0 Å². The summed E-state index contributed by atoms with van der Waals surface area (Å²) in [6.07, 6.45) is 0. The zero-order chi connectivity index (χ0) is 14.8. The van der Waals surface area contributed by atoms with Gasteiger partial charge in [-0.15, -0.1) is 0 Å². The van der Waals surface area contributed by atoms with Crippen LogP contribution in [-0.2, 0) is 14.8 Å². The fraction of sp³-hybridized carbons (Fsp3) is 0.364. The maximum absolute atomic E-state index is 12.4. The molecule has 8 heteroatoms. The zero-order valence-corrected chi connectivity index (χ0v) is 12.6. The fourth-order valence-electron chi connectivity index (χ4n) is 1.52. The maximum Gasteiger partial charge on any atom is 0.318 e. The van der Waals surface area contributed by atoms with Gasteiger partial charge < -0.3 is 5.11 Å². The molecular weight excluding hydrogens is 313 g/mol. The Hall–Kier alpha value is -0.820. The van der Waals surface area contributed by atoms with Gasteiger partial charge in [-0.25, -0.2) is 8.42 Å². The van der Waals surface area contributed by atoms with Crippen molar-refractivity contribution in [3.8, 4) is 0 Å². The van der Waals surface area contributed by atoms with Crippen molar-refractivity contribution in [2.75, 3.05) is 6.54 Å². The van der Waals surface area contributed by atoms with Crippen LogP contribution in [0.1, 0.15) is 13.8 Å². The van der Waals surface area contributed by atoms with E-state index in [1.807, 2.05) is 0 Å². The van der Waals surface area contributed by atoms with E-state index in [1.165, 1.54) is 18.2 Å². The molecule has 5 nitrogen and oxygen atoms in total. The predicted octanol–water partition coefficient (Wildman–Crippen LogP) is 2.48. The number of halogens is 2. The van der Waals surface area contributed by atoms with Gasteiger partial charge in [0, 0.05) is 6.04 Å². The van der Waals surface area contributed by atoms with Crippen molar-refractivity contribution >= 4 is 39.2 Å². The average Bonchev–Trinajstić information content (AvgIpc) is 2.24. The van der Waals surface area contributed by atoms with Crippen LogP contribution in [0.2, 0.25) is 10.0 Å². The summed E-state index contributed by atoms with van der Waals surface area (Å²) >= 11 is 11.7. The highest BCUT2D eigenvalue weighted by Gasteiger charge is 2.32. The molecule has 0 bridgehead atoms. The van der Waals surface area contributed by atoms with Crippen LogP contribution < -0.4 is 0 Å². The van der Waals surface area contributed by atoms with Gasteiger partial charge in [0.05, 0.1) is 10.0 Å². The molecule has 1 aromatic rings.